The van der Waals surface area contributed by atoms with Crippen LogP contribution < -0.4 is 0 Å². The van der Waals surface area contributed by atoms with E-state index < -0.39 is 29.4 Å². The number of hydrogen-bond donors (Lipinski definition) is 0. The molecule has 0 aliphatic carbocycles. The third-order valence-corrected chi connectivity index (χ3v) is 8.99. The summed E-state index contributed by atoms with van der Waals surface area (Å²) in [4.78, 5) is 0. The summed E-state index contributed by atoms with van der Waals surface area (Å²) in [6.07, 6.45) is 15.2. The van der Waals surface area contributed by atoms with Gasteiger partial charge in [-0.2, -0.15) is 18.2 Å². The molecule has 0 N–H and O–H groups in total. The number of unbranched alkanes of at least 4 members (excludes halogenated alkanes) is 6. The van der Waals surface area contributed by atoms with E-state index in [2.05, 4.69) is 57.5 Å². The summed E-state index contributed by atoms with van der Waals surface area (Å²) in [5.74, 6) is 0. The largest absolute Gasteiger partial charge is 4.00 e. The van der Waals surface area contributed by atoms with Gasteiger partial charge in [-0.25, -0.2) is 12.1 Å². The molecule has 46 heavy (non-hydrogen) atoms. The summed E-state index contributed by atoms with van der Waals surface area (Å²) >= 11 is -7.10. The van der Waals surface area contributed by atoms with Crippen LogP contribution in [0.4, 0.5) is 39.5 Å². The fourth-order valence-corrected chi connectivity index (χ4v) is 4.78. The first-order valence-electron chi connectivity index (χ1n) is 16.3. The van der Waals surface area contributed by atoms with Crippen LogP contribution in [0.25, 0.3) is 16.0 Å². The molecule has 1 radical (unpaired) electrons. The smallest absolute Gasteiger partial charge is 0.214 e. The molecular weight excluding hydrogens is 761 g/mol. The Morgan fingerprint density at radius 3 is 0.717 bits per heavy atom. The number of halogens is 9. The first kappa shape index (κ1) is 55.4. The van der Waals surface area contributed by atoms with Gasteiger partial charge in [0.2, 0.25) is 0 Å². The number of rotatable bonds is 18. The summed E-state index contributed by atoms with van der Waals surface area (Å²) in [5.41, 5.74) is 0. The Bertz CT molecular complexity index is 544. The van der Waals surface area contributed by atoms with Crippen molar-refractivity contribution in [2.75, 3.05) is 39.3 Å². The van der Waals surface area contributed by atoms with Gasteiger partial charge >= 0.3 is 95.1 Å². The van der Waals surface area contributed by atoms with Gasteiger partial charge in [0.05, 0.1) is 0 Å². The number of nitrogens with zero attached hydrogens (tertiary/aromatic N) is 3. The van der Waals surface area contributed by atoms with Crippen LogP contribution in [0.2, 0.25) is 0 Å². The van der Waals surface area contributed by atoms with Crippen LogP contribution in [0.3, 0.4) is 0 Å². The van der Waals surface area contributed by atoms with Gasteiger partial charge in [0.1, 0.15) is 0 Å². The van der Waals surface area contributed by atoms with E-state index in [0.717, 1.165) is 39.3 Å². The first-order valence-corrected chi connectivity index (χ1v) is 19.4. The van der Waals surface area contributed by atoms with Crippen LogP contribution in [-0.2, 0) is 26.2 Å². The van der Waals surface area contributed by atoms with E-state index in [1.165, 1.54) is 77.0 Å². The summed E-state index contributed by atoms with van der Waals surface area (Å²) in [5, 5.41) is -5.54. The van der Waals surface area contributed by atoms with Crippen molar-refractivity contribution >= 4 is 14.3 Å². The topological polar surface area (TPSA) is 42.3 Å². The fourth-order valence-electron chi connectivity index (χ4n) is 2.76. The molecule has 0 saturated carbocycles. The Hall–Kier alpha value is 0.0260. The van der Waals surface area contributed by atoms with Crippen LogP contribution in [0.5, 0.6) is 0 Å². The maximum Gasteiger partial charge on any atom is 4.00 e. The molecule has 0 spiro atoms. The van der Waals surface area contributed by atoms with Crippen molar-refractivity contribution in [3.63, 3.8) is 0 Å². The molecule has 1 rings (SSSR count). The van der Waals surface area contributed by atoms with Crippen molar-refractivity contribution < 1.29 is 65.7 Å². The maximum absolute atomic E-state index is 11.3. The Balaban J connectivity index is -0.000000155. The van der Waals surface area contributed by atoms with Gasteiger partial charge in [-0.05, 0) is 0 Å². The quantitative estimate of drug-likeness (QED) is 0.0613. The second-order valence-corrected chi connectivity index (χ2v) is 15.1. The zero-order valence-electron chi connectivity index (χ0n) is 28.9. The molecule has 1 aromatic carbocycles. The molecule has 273 valence electrons. The van der Waals surface area contributed by atoms with Crippen LogP contribution >= 0.6 is 0 Å². The zero-order valence-corrected chi connectivity index (χ0v) is 33.4. The standard InChI is InChI=1S/3C8H18N.C5H5.C3F9Ge.Zr/c3*1-3-5-7-9-8-6-4-2;1-2-4-5-3-1;4-1(5,6)13(2(7,8)9)3(10,11)12;/h3*3-8H2,1-2H3;1-5H;;/q4*-1;;+4. The zero-order chi connectivity index (χ0) is 35.5. The second kappa shape index (κ2) is 39.5. The molecule has 0 aliphatic rings. The van der Waals surface area contributed by atoms with Crippen LogP contribution in [0, 0.1) is 0 Å². The van der Waals surface area contributed by atoms with Gasteiger partial charge in [-0.1, -0.05) is 119 Å². The summed E-state index contributed by atoms with van der Waals surface area (Å²) in [6.45, 7) is 19.7. The fraction of sp³-hybridized carbons (Fsp3) is 0.844. The molecule has 0 amide bonds. The van der Waals surface area contributed by atoms with Crippen molar-refractivity contribution in [1.29, 1.82) is 0 Å². The Labute approximate surface area is 298 Å². The van der Waals surface area contributed by atoms with E-state index in [0.29, 0.717) is 0 Å². The molecule has 0 unspecified atom stereocenters. The van der Waals surface area contributed by atoms with Crippen molar-refractivity contribution in [1.82, 2.24) is 0 Å². The molecule has 0 heterocycles. The molecule has 1 aromatic rings. The second-order valence-electron chi connectivity index (χ2n) is 9.96. The van der Waals surface area contributed by atoms with E-state index in [9.17, 15) is 39.5 Å². The molecular formula is C32H59F9GeN3Zr. The SMILES string of the molecule is CCCC[N-]CCCC.CCCC[N-]CCCC.CCCC[N-]CCCC.F[C](F)(F)[Ge]([C](F)(F)F)[C](F)(F)F.[Zr+4].c1cc[cH-]c1. The average molecular weight is 821 g/mol. The van der Waals surface area contributed by atoms with Crippen LogP contribution in [0.15, 0.2) is 30.3 Å². The third kappa shape index (κ3) is 48.4. The molecule has 3 nitrogen and oxygen atoms in total. The molecule has 14 heteroatoms. The van der Waals surface area contributed by atoms with Crippen molar-refractivity contribution in [3.8, 4) is 0 Å². The predicted octanol–water partition coefficient (Wildman–Crippen LogP) is 13.1. The number of hydrogen-bond acceptors (Lipinski definition) is 0. The van der Waals surface area contributed by atoms with Gasteiger partial charge in [0.15, 0.2) is 0 Å². The molecule has 0 aliphatic heterocycles. The summed E-state index contributed by atoms with van der Waals surface area (Å²) in [6, 6.07) is 10.0. The molecule has 0 bridgehead atoms. The van der Waals surface area contributed by atoms with Gasteiger partial charge in [0.25, 0.3) is 0 Å². The number of alkyl halides is 9. The molecule has 0 saturated heterocycles. The minimum Gasteiger partial charge on any atom is -0.214 e. The molecule has 0 atom stereocenters. The first-order chi connectivity index (χ1) is 21.1. The maximum atomic E-state index is 11.3. The normalized spacial score (nSPS) is 11.0. The monoisotopic (exact) mass is 820 g/mol. The predicted molar refractivity (Wildman–Crippen MR) is 175 cm³/mol. The van der Waals surface area contributed by atoms with E-state index in [-0.39, 0.29) is 26.2 Å². The Morgan fingerprint density at radius 2 is 0.630 bits per heavy atom. The van der Waals surface area contributed by atoms with E-state index in [4.69, 9.17) is 0 Å². The van der Waals surface area contributed by atoms with Crippen molar-refractivity contribution in [3.05, 3.63) is 46.3 Å². The Kier molecular flexibility index (Phi) is 47.6. The van der Waals surface area contributed by atoms with E-state index in [1.807, 2.05) is 30.3 Å². The Morgan fingerprint density at radius 1 is 0.435 bits per heavy atom. The summed E-state index contributed by atoms with van der Waals surface area (Å²) < 4.78 is 102. The van der Waals surface area contributed by atoms with E-state index in [1.54, 1.807) is 0 Å². The average Bonchev–Trinajstić information content (AvgIpc) is 3.52. The van der Waals surface area contributed by atoms with E-state index >= 15 is 0 Å². The van der Waals surface area contributed by atoms with Gasteiger partial charge < -0.3 is 16.0 Å². The van der Waals surface area contributed by atoms with Gasteiger partial charge in [-0.15, -0.1) is 39.3 Å². The summed E-state index contributed by atoms with van der Waals surface area (Å²) in [7, 11) is 0. The van der Waals surface area contributed by atoms with Crippen molar-refractivity contribution in [2.24, 2.45) is 0 Å². The van der Waals surface area contributed by atoms with Crippen LogP contribution in [0.1, 0.15) is 119 Å². The molecule has 0 aromatic heterocycles. The van der Waals surface area contributed by atoms with Gasteiger partial charge in [0, 0.05) is 0 Å². The third-order valence-electron chi connectivity index (χ3n) is 5.42. The minimum atomic E-state index is -7.10. The van der Waals surface area contributed by atoms with Crippen molar-refractivity contribution in [2.45, 2.75) is 134 Å². The molecule has 0 fully saturated rings. The minimum absolute atomic E-state index is 0. The van der Waals surface area contributed by atoms with Gasteiger partial charge in [-0.3, -0.25) is 0 Å². The van der Waals surface area contributed by atoms with Crippen LogP contribution in [-0.4, -0.2) is 68.6 Å².